The van der Waals surface area contributed by atoms with Crippen molar-refractivity contribution in [3.63, 3.8) is 0 Å². The van der Waals surface area contributed by atoms with Gasteiger partial charge in [0.1, 0.15) is 11.5 Å². The van der Waals surface area contributed by atoms with E-state index in [-0.39, 0.29) is 5.97 Å². The van der Waals surface area contributed by atoms with E-state index < -0.39 is 11.5 Å². The smallest absolute Gasteiger partial charge is 0.340 e. The lowest BCUT2D eigenvalue weighted by atomic mass is 9.77. The lowest BCUT2D eigenvalue weighted by molar-refractivity contribution is -0.171. The van der Waals surface area contributed by atoms with E-state index in [0.29, 0.717) is 17.1 Å². The predicted molar refractivity (Wildman–Crippen MR) is 150 cm³/mol. The van der Waals surface area contributed by atoms with Crippen molar-refractivity contribution >= 4 is 23.0 Å². The Morgan fingerprint density at radius 1 is 0.795 bits per heavy atom. The number of esters is 1. The van der Waals surface area contributed by atoms with E-state index in [2.05, 4.69) is 42.7 Å². The number of aryl methyl sites for hydroxylation is 2. The summed E-state index contributed by atoms with van der Waals surface area (Å²) in [7, 11) is 3.13. The van der Waals surface area contributed by atoms with Crippen molar-refractivity contribution in [3.05, 3.63) is 112 Å². The van der Waals surface area contributed by atoms with Gasteiger partial charge in [-0.25, -0.2) is 4.79 Å². The van der Waals surface area contributed by atoms with Gasteiger partial charge in [-0.05, 0) is 61.9 Å². The average Bonchev–Trinajstić information content (AvgIpc) is 3.23. The van der Waals surface area contributed by atoms with Crippen LogP contribution in [0.4, 0.5) is 17.1 Å². The van der Waals surface area contributed by atoms with Gasteiger partial charge in [0.15, 0.2) is 5.60 Å². The number of methoxy groups -OCH3 is 2. The number of fused-ring (bicyclic) bond motifs is 6. The van der Waals surface area contributed by atoms with Crippen LogP contribution in [0.5, 0.6) is 11.5 Å². The molecule has 2 aliphatic heterocycles. The number of benzene rings is 4. The summed E-state index contributed by atoms with van der Waals surface area (Å²) in [4.78, 5) is 13.2. The fraction of sp³-hybridized carbons (Fsp3) is 0.219. The fourth-order valence-electron chi connectivity index (χ4n) is 5.38. The second-order valence-electron chi connectivity index (χ2n) is 10.1. The molecule has 2 heterocycles. The molecule has 1 atom stereocenters. The minimum absolute atomic E-state index is 0.370. The number of hydrogen-bond acceptors (Lipinski definition) is 7. The molecule has 7 heteroatoms. The summed E-state index contributed by atoms with van der Waals surface area (Å²) in [6, 6.07) is 25.4. The number of carbonyl (C=O) groups is 1. The Labute approximate surface area is 227 Å². The van der Waals surface area contributed by atoms with Gasteiger partial charge >= 0.3 is 5.97 Å². The molecule has 1 spiro atoms. The van der Waals surface area contributed by atoms with Crippen LogP contribution in [-0.4, -0.2) is 26.1 Å². The van der Waals surface area contributed by atoms with E-state index in [1.807, 2.05) is 54.6 Å². The van der Waals surface area contributed by atoms with Gasteiger partial charge < -0.3 is 29.6 Å². The summed E-state index contributed by atoms with van der Waals surface area (Å²) in [5.74, 6) is -0.219. The maximum absolute atomic E-state index is 13.2. The molecule has 4 aromatic rings. The predicted octanol–water partition coefficient (Wildman–Crippen LogP) is 6.99. The first-order chi connectivity index (χ1) is 18.8. The maximum Gasteiger partial charge on any atom is 0.340 e. The zero-order chi connectivity index (χ0) is 27.4. The minimum atomic E-state index is -1.17. The van der Waals surface area contributed by atoms with Crippen molar-refractivity contribution < 1.29 is 23.7 Å². The highest BCUT2D eigenvalue weighted by Gasteiger charge is 2.53. The van der Waals surface area contributed by atoms with Gasteiger partial charge in [0.25, 0.3) is 0 Å². The number of nitrogens with one attached hydrogen (secondary N) is 2. The SMILES string of the molecule is COC(C)(Nc1ccc2c(c1)Oc1ccc(Nc3ccc(C)cc3C)cc1C21OC(=O)c2ccccc21)OC. The van der Waals surface area contributed by atoms with Crippen molar-refractivity contribution in [2.75, 3.05) is 24.9 Å². The van der Waals surface area contributed by atoms with Gasteiger partial charge in [-0.1, -0.05) is 35.9 Å². The van der Waals surface area contributed by atoms with Gasteiger partial charge in [-0.3, -0.25) is 0 Å². The highest BCUT2D eigenvalue weighted by molar-refractivity contribution is 5.97. The van der Waals surface area contributed by atoms with Crippen molar-refractivity contribution in [2.45, 2.75) is 32.3 Å². The van der Waals surface area contributed by atoms with Crippen LogP contribution in [-0.2, 0) is 19.8 Å². The first-order valence-electron chi connectivity index (χ1n) is 12.8. The third kappa shape index (κ3) is 4.02. The Balaban J connectivity index is 1.50. The molecule has 1 unspecified atom stereocenters. The van der Waals surface area contributed by atoms with Crippen LogP contribution in [0.1, 0.15) is 45.1 Å². The van der Waals surface area contributed by atoms with Crippen LogP contribution in [0.25, 0.3) is 0 Å². The summed E-state index contributed by atoms with van der Waals surface area (Å²) in [5.41, 5.74) is 6.58. The highest BCUT2D eigenvalue weighted by atomic mass is 16.7. The number of anilines is 3. The molecule has 0 saturated carbocycles. The van der Waals surface area contributed by atoms with Crippen molar-refractivity contribution in [1.82, 2.24) is 0 Å². The van der Waals surface area contributed by atoms with E-state index >= 15 is 0 Å². The standard InChI is InChI=1S/C32H30N2O5/c1-19-10-14-27(20(2)16-19)33-21-12-15-28-26(17-21)32(24-9-7-6-8-23(24)30(35)39-32)25-13-11-22(18-29(25)38-28)34-31(3,36-4)37-5/h6-18,33-34H,1-5H3. The molecule has 0 saturated heterocycles. The van der Waals surface area contributed by atoms with Crippen molar-refractivity contribution in [2.24, 2.45) is 0 Å². The summed E-state index contributed by atoms with van der Waals surface area (Å²) in [6.45, 7) is 5.93. The topological polar surface area (TPSA) is 78.0 Å². The Morgan fingerprint density at radius 3 is 2.33 bits per heavy atom. The fourth-order valence-corrected chi connectivity index (χ4v) is 5.38. The number of hydrogen-bond donors (Lipinski definition) is 2. The average molecular weight is 523 g/mol. The molecular weight excluding hydrogens is 492 g/mol. The Morgan fingerprint density at radius 2 is 1.56 bits per heavy atom. The number of ether oxygens (including phenoxy) is 4. The van der Waals surface area contributed by atoms with E-state index in [1.54, 1.807) is 27.2 Å². The molecule has 0 fully saturated rings. The number of carbonyl (C=O) groups excluding carboxylic acids is 1. The van der Waals surface area contributed by atoms with Gasteiger partial charge in [0, 0.05) is 61.0 Å². The van der Waals surface area contributed by atoms with Gasteiger partial charge in [0.2, 0.25) is 5.91 Å². The second kappa shape index (κ2) is 9.15. The molecule has 0 amide bonds. The van der Waals surface area contributed by atoms with Crippen LogP contribution < -0.4 is 15.4 Å². The largest absolute Gasteiger partial charge is 0.456 e. The summed E-state index contributed by atoms with van der Waals surface area (Å²) in [5, 5.41) is 6.77. The highest BCUT2D eigenvalue weighted by Crippen LogP contribution is 2.57. The van der Waals surface area contributed by atoms with Gasteiger partial charge in [-0.15, -0.1) is 0 Å². The molecule has 2 N–H and O–H groups in total. The molecule has 4 aromatic carbocycles. The zero-order valence-electron chi connectivity index (χ0n) is 22.5. The number of rotatable bonds is 6. The Bertz CT molecular complexity index is 1610. The molecule has 198 valence electrons. The quantitative estimate of drug-likeness (QED) is 0.209. The molecule has 0 radical (unpaired) electrons. The molecule has 6 rings (SSSR count). The normalized spacial score (nSPS) is 17.1. The molecule has 39 heavy (non-hydrogen) atoms. The van der Waals surface area contributed by atoms with Crippen LogP contribution in [0.3, 0.4) is 0 Å². The zero-order valence-corrected chi connectivity index (χ0v) is 22.5. The van der Waals surface area contributed by atoms with Gasteiger partial charge in [-0.2, -0.15) is 0 Å². The molecule has 7 nitrogen and oxygen atoms in total. The Hall–Kier alpha value is -4.33. The summed E-state index contributed by atoms with van der Waals surface area (Å²) >= 11 is 0. The lowest BCUT2D eigenvalue weighted by Gasteiger charge is -2.37. The Kier molecular flexibility index (Phi) is 5.86. The molecular formula is C32H30N2O5. The van der Waals surface area contributed by atoms with E-state index in [9.17, 15) is 4.79 Å². The lowest BCUT2D eigenvalue weighted by Crippen LogP contribution is -2.39. The van der Waals surface area contributed by atoms with Crippen molar-refractivity contribution in [1.29, 1.82) is 0 Å². The van der Waals surface area contributed by atoms with Crippen LogP contribution in [0.2, 0.25) is 0 Å². The third-order valence-corrected chi connectivity index (χ3v) is 7.52. The monoisotopic (exact) mass is 522 g/mol. The molecule has 2 aliphatic rings. The van der Waals surface area contributed by atoms with Crippen LogP contribution in [0.15, 0.2) is 78.9 Å². The maximum atomic E-state index is 13.2. The van der Waals surface area contributed by atoms with Crippen LogP contribution >= 0.6 is 0 Å². The first-order valence-corrected chi connectivity index (χ1v) is 12.8. The van der Waals surface area contributed by atoms with E-state index in [0.717, 1.165) is 39.3 Å². The second-order valence-corrected chi connectivity index (χ2v) is 10.1. The molecule has 0 bridgehead atoms. The van der Waals surface area contributed by atoms with Crippen molar-refractivity contribution in [3.8, 4) is 11.5 Å². The van der Waals surface area contributed by atoms with Crippen LogP contribution in [0, 0.1) is 13.8 Å². The summed E-state index contributed by atoms with van der Waals surface area (Å²) in [6.07, 6.45) is 0. The van der Waals surface area contributed by atoms with Gasteiger partial charge in [0.05, 0.1) is 5.56 Å². The third-order valence-electron chi connectivity index (χ3n) is 7.52. The molecule has 0 aliphatic carbocycles. The minimum Gasteiger partial charge on any atom is -0.456 e. The summed E-state index contributed by atoms with van der Waals surface area (Å²) < 4.78 is 23.7. The van der Waals surface area contributed by atoms with E-state index in [1.165, 1.54) is 5.56 Å². The van der Waals surface area contributed by atoms with E-state index in [4.69, 9.17) is 18.9 Å². The molecule has 0 aromatic heterocycles. The first kappa shape index (κ1) is 25.0.